The Morgan fingerprint density at radius 2 is 2.09 bits per heavy atom. The van der Waals surface area contributed by atoms with E-state index in [1.165, 1.54) is 26.0 Å². The van der Waals surface area contributed by atoms with E-state index in [9.17, 15) is 23.9 Å². The largest absolute Gasteiger partial charge is 0.465 e. The third kappa shape index (κ3) is 5.46. The number of methoxy groups -OCH3 is 1. The lowest BCUT2D eigenvalue weighted by atomic mass is 9.95. The fraction of sp³-hybridized carbons (Fsp3) is 0.625. The van der Waals surface area contributed by atoms with Gasteiger partial charge in [0.15, 0.2) is 0 Å². The van der Waals surface area contributed by atoms with Crippen molar-refractivity contribution in [2.24, 2.45) is 5.92 Å². The summed E-state index contributed by atoms with van der Waals surface area (Å²) >= 11 is 0. The molecule has 0 radical (unpaired) electrons. The number of benzene rings is 1. The molecule has 3 unspecified atom stereocenters. The summed E-state index contributed by atoms with van der Waals surface area (Å²) in [5.41, 5.74) is 0.795. The molecule has 2 heterocycles. The smallest absolute Gasteiger partial charge is 0.408 e. The molecule has 180 valence electrons. The van der Waals surface area contributed by atoms with Crippen molar-refractivity contribution in [3.63, 3.8) is 0 Å². The Balaban J connectivity index is 1.54. The van der Waals surface area contributed by atoms with Crippen LogP contribution in [0.5, 0.6) is 0 Å². The Labute approximate surface area is 193 Å². The molecule has 3 atom stereocenters. The number of piperidine rings is 1. The summed E-state index contributed by atoms with van der Waals surface area (Å²) < 4.78 is 19.9. The molecule has 0 spiro atoms. The first-order valence-corrected chi connectivity index (χ1v) is 11.8. The van der Waals surface area contributed by atoms with Crippen molar-refractivity contribution in [3.05, 3.63) is 29.6 Å². The molecule has 2 N–H and O–H groups in total. The Kier molecular flexibility index (Phi) is 7.17. The molecule has 9 heteroatoms. The molecule has 0 aromatic heterocycles. The van der Waals surface area contributed by atoms with Crippen LogP contribution in [-0.2, 0) is 14.3 Å². The number of carbonyl (C=O) groups excluding carboxylic acids is 2. The van der Waals surface area contributed by atoms with E-state index in [2.05, 4.69) is 5.32 Å². The van der Waals surface area contributed by atoms with Crippen molar-refractivity contribution in [1.82, 2.24) is 9.80 Å². The number of amides is 3. The fourth-order valence-electron chi connectivity index (χ4n) is 4.95. The third-order valence-corrected chi connectivity index (χ3v) is 7.06. The highest BCUT2D eigenvalue weighted by Gasteiger charge is 2.40. The van der Waals surface area contributed by atoms with Gasteiger partial charge in [-0.1, -0.05) is 18.9 Å². The van der Waals surface area contributed by atoms with E-state index in [1.54, 1.807) is 12.1 Å². The molecular formula is C24H32FN3O5. The average Bonchev–Trinajstić information content (AvgIpc) is 3.51. The molecule has 1 aromatic carbocycles. The number of anilines is 1. The number of likely N-dealkylation sites (tertiary alicyclic amines) is 2. The van der Waals surface area contributed by atoms with Gasteiger partial charge in [0.1, 0.15) is 11.9 Å². The average molecular weight is 462 g/mol. The highest BCUT2D eigenvalue weighted by atomic mass is 19.1. The number of nitrogens with zero attached hydrogens (tertiary/aromatic N) is 2. The molecule has 2 saturated heterocycles. The summed E-state index contributed by atoms with van der Waals surface area (Å²) in [4.78, 5) is 40.0. The number of hydrogen-bond donors (Lipinski definition) is 2. The zero-order chi connectivity index (χ0) is 23.5. The molecule has 3 aliphatic rings. The quantitative estimate of drug-likeness (QED) is 0.614. The minimum Gasteiger partial charge on any atom is -0.465 e. The fourth-order valence-corrected chi connectivity index (χ4v) is 4.95. The van der Waals surface area contributed by atoms with Crippen LogP contribution in [0.25, 0.3) is 0 Å². The van der Waals surface area contributed by atoms with Crippen LogP contribution in [0.15, 0.2) is 18.2 Å². The standard InChI is InChI=1S/C24H32FN3O5/c1-33-17-13-21(28(14-17)24(31)32)23(30)26-19-12-16(8-9-18(19)25)20(10-7-15-5-6-15)27-11-3-2-4-22(27)29/h8-9,12,15,17,20-21H,2-7,10-11,13-14H2,1H3,(H,26,30)(H,31,32). The van der Waals surface area contributed by atoms with Gasteiger partial charge in [-0.25, -0.2) is 9.18 Å². The first-order chi connectivity index (χ1) is 15.9. The molecule has 3 fully saturated rings. The Bertz CT molecular complexity index is 906. The van der Waals surface area contributed by atoms with Crippen LogP contribution in [0.3, 0.4) is 0 Å². The minimum absolute atomic E-state index is 0.00425. The topological polar surface area (TPSA) is 99.2 Å². The van der Waals surface area contributed by atoms with E-state index >= 15 is 0 Å². The number of rotatable bonds is 8. The van der Waals surface area contributed by atoms with Gasteiger partial charge >= 0.3 is 6.09 Å². The molecule has 1 saturated carbocycles. The third-order valence-electron chi connectivity index (χ3n) is 7.06. The van der Waals surface area contributed by atoms with E-state index in [0.717, 1.165) is 36.1 Å². The molecule has 0 bridgehead atoms. The summed E-state index contributed by atoms with van der Waals surface area (Å²) in [7, 11) is 1.47. The maximum Gasteiger partial charge on any atom is 0.408 e. The summed E-state index contributed by atoms with van der Waals surface area (Å²) in [6.07, 6.45) is 5.23. The summed E-state index contributed by atoms with van der Waals surface area (Å²) in [5.74, 6) is -0.367. The molecule has 1 aliphatic carbocycles. The van der Waals surface area contributed by atoms with Gasteiger partial charge in [0.2, 0.25) is 11.8 Å². The van der Waals surface area contributed by atoms with Crippen LogP contribution in [0.1, 0.15) is 63.0 Å². The normalized spacial score (nSPS) is 24.1. The van der Waals surface area contributed by atoms with E-state index in [0.29, 0.717) is 18.9 Å². The van der Waals surface area contributed by atoms with Gasteiger partial charge in [-0.3, -0.25) is 14.5 Å². The minimum atomic E-state index is -1.22. The molecule has 8 nitrogen and oxygen atoms in total. The second-order valence-corrected chi connectivity index (χ2v) is 9.35. The number of nitrogens with one attached hydrogen (secondary N) is 1. The lowest BCUT2D eigenvalue weighted by Crippen LogP contribution is -2.42. The summed E-state index contributed by atoms with van der Waals surface area (Å²) in [5, 5.41) is 12.0. The summed E-state index contributed by atoms with van der Waals surface area (Å²) in [6.45, 7) is 0.772. The monoisotopic (exact) mass is 461 g/mol. The van der Waals surface area contributed by atoms with Crippen LogP contribution in [0.2, 0.25) is 0 Å². The predicted molar refractivity (Wildman–Crippen MR) is 119 cm³/mol. The second-order valence-electron chi connectivity index (χ2n) is 9.35. The number of halogens is 1. The first kappa shape index (κ1) is 23.5. The Morgan fingerprint density at radius 1 is 1.30 bits per heavy atom. The van der Waals surface area contributed by atoms with Gasteiger partial charge in [0.05, 0.1) is 24.4 Å². The van der Waals surface area contributed by atoms with Gasteiger partial charge in [-0.15, -0.1) is 0 Å². The highest BCUT2D eigenvalue weighted by molar-refractivity contribution is 5.97. The van der Waals surface area contributed by atoms with Crippen LogP contribution in [-0.4, -0.2) is 65.2 Å². The summed E-state index contributed by atoms with van der Waals surface area (Å²) in [6, 6.07) is 3.48. The van der Waals surface area contributed by atoms with Gasteiger partial charge in [-0.2, -0.15) is 0 Å². The SMILES string of the molecule is COC1CC(C(=O)Nc2cc(C(CCC3CC3)N3CCCCC3=O)ccc2F)N(C(=O)O)C1. The first-order valence-electron chi connectivity index (χ1n) is 11.8. The number of carbonyl (C=O) groups is 3. The van der Waals surface area contributed by atoms with Crippen molar-refractivity contribution in [2.45, 2.75) is 69.6 Å². The van der Waals surface area contributed by atoms with Crippen molar-refractivity contribution < 1.29 is 28.6 Å². The zero-order valence-corrected chi connectivity index (χ0v) is 19.0. The van der Waals surface area contributed by atoms with Crippen molar-refractivity contribution in [2.75, 3.05) is 25.5 Å². The lowest BCUT2D eigenvalue weighted by Gasteiger charge is -2.35. The number of ether oxygens (including phenoxy) is 1. The van der Waals surface area contributed by atoms with Crippen LogP contribution < -0.4 is 5.32 Å². The highest BCUT2D eigenvalue weighted by Crippen LogP contribution is 2.39. The maximum atomic E-state index is 14.7. The van der Waals surface area contributed by atoms with Crippen molar-refractivity contribution in [1.29, 1.82) is 0 Å². The molecule has 3 amide bonds. The Morgan fingerprint density at radius 3 is 2.76 bits per heavy atom. The van der Waals surface area contributed by atoms with E-state index in [4.69, 9.17) is 4.74 Å². The zero-order valence-electron chi connectivity index (χ0n) is 19.0. The number of hydrogen-bond acceptors (Lipinski definition) is 4. The van der Waals surface area contributed by atoms with Crippen molar-refractivity contribution in [3.8, 4) is 0 Å². The van der Waals surface area contributed by atoms with Crippen molar-refractivity contribution >= 4 is 23.6 Å². The molecule has 33 heavy (non-hydrogen) atoms. The lowest BCUT2D eigenvalue weighted by molar-refractivity contribution is -0.136. The van der Waals surface area contributed by atoms with E-state index < -0.39 is 23.9 Å². The molecule has 4 rings (SSSR count). The van der Waals surface area contributed by atoms with Crippen LogP contribution >= 0.6 is 0 Å². The van der Waals surface area contributed by atoms with E-state index in [1.807, 2.05) is 4.90 Å². The molecular weight excluding hydrogens is 429 g/mol. The maximum absolute atomic E-state index is 14.7. The molecule has 2 aliphatic heterocycles. The van der Waals surface area contributed by atoms with E-state index in [-0.39, 0.29) is 36.7 Å². The van der Waals surface area contributed by atoms with Gasteiger partial charge in [0, 0.05) is 26.5 Å². The van der Waals surface area contributed by atoms with Gasteiger partial charge < -0.3 is 20.1 Å². The van der Waals surface area contributed by atoms with Crippen LogP contribution in [0, 0.1) is 11.7 Å². The van der Waals surface area contributed by atoms with Gasteiger partial charge in [0.25, 0.3) is 0 Å². The van der Waals surface area contributed by atoms with Gasteiger partial charge in [-0.05, 0) is 49.3 Å². The Hall–Kier alpha value is -2.68. The second kappa shape index (κ2) is 10.1. The van der Waals surface area contributed by atoms with Crippen LogP contribution in [0.4, 0.5) is 14.9 Å². The predicted octanol–water partition coefficient (Wildman–Crippen LogP) is 3.78. The number of carboxylic acid groups (broad SMARTS) is 1. The molecule has 1 aromatic rings.